The van der Waals surface area contributed by atoms with Gasteiger partial charge in [-0.05, 0) is 6.07 Å². The number of rotatable bonds is 5. The van der Waals surface area contributed by atoms with Crippen LogP contribution in [0, 0.1) is 5.82 Å². The number of aromatic hydroxyl groups is 1. The first-order chi connectivity index (χ1) is 8.49. The van der Waals surface area contributed by atoms with E-state index in [-0.39, 0.29) is 17.8 Å². The van der Waals surface area contributed by atoms with Crippen LogP contribution in [0.5, 0.6) is 5.75 Å². The number of phenols is 1. The summed E-state index contributed by atoms with van der Waals surface area (Å²) in [6, 6.07) is 1.83. The third kappa shape index (κ3) is 3.31. The van der Waals surface area contributed by atoms with Crippen LogP contribution in [0.15, 0.2) is 12.1 Å². The summed E-state index contributed by atoms with van der Waals surface area (Å²) in [7, 11) is 1.11. The lowest BCUT2D eigenvalue weighted by molar-refractivity contribution is 0.0595. The molecule has 0 heterocycles. The number of methoxy groups -OCH3 is 1. The van der Waals surface area contributed by atoms with E-state index in [1.54, 1.807) is 0 Å². The van der Waals surface area contributed by atoms with Gasteiger partial charge in [0.2, 0.25) is 0 Å². The highest BCUT2D eigenvalue weighted by Gasteiger charge is 2.16. The van der Waals surface area contributed by atoms with E-state index < -0.39 is 30.2 Å². The van der Waals surface area contributed by atoms with Crippen molar-refractivity contribution in [2.75, 3.05) is 25.6 Å². The minimum atomic E-state index is -1.03. The minimum Gasteiger partial charge on any atom is -0.506 e. The molecule has 1 aromatic rings. The molecule has 0 aliphatic carbocycles. The Hall–Kier alpha value is -1.86. The van der Waals surface area contributed by atoms with Gasteiger partial charge in [-0.3, -0.25) is 0 Å². The molecule has 1 rings (SSSR count). The zero-order valence-electron chi connectivity index (χ0n) is 9.68. The second-order valence-electron chi connectivity index (χ2n) is 3.56. The number of anilines is 1. The average molecular weight is 259 g/mol. The normalized spacial score (nSPS) is 12.0. The molecule has 1 unspecified atom stereocenters. The Morgan fingerprint density at radius 3 is 2.78 bits per heavy atom. The first kappa shape index (κ1) is 14.2. The second-order valence-corrected chi connectivity index (χ2v) is 3.56. The number of hydrogen-bond donors (Lipinski definition) is 4. The van der Waals surface area contributed by atoms with Crippen LogP contribution in [-0.4, -0.2) is 47.7 Å². The van der Waals surface area contributed by atoms with Crippen molar-refractivity contribution in [2.24, 2.45) is 0 Å². The molecule has 7 heteroatoms. The lowest BCUT2D eigenvalue weighted by Crippen LogP contribution is -2.23. The monoisotopic (exact) mass is 259 g/mol. The van der Waals surface area contributed by atoms with Crippen molar-refractivity contribution in [1.82, 2.24) is 0 Å². The fourth-order valence-electron chi connectivity index (χ4n) is 1.26. The summed E-state index contributed by atoms with van der Waals surface area (Å²) in [5.41, 5.74) is -0.277. The van der Waals surface area contributed by atoms with Crippen LogP contribution in [0.2, 0.25) is 0 Å². The zero-order valence-corrected chi connectivity index (χ0v) is 9.68. The standard InChI is InChI=1S/C11H14FNO5/c1-18-11(17)7-2-9(10(16)3-8(7)12)13-4-6(15)5-14/h2-3,6,13-16H,4-5H2,1H3. The molecule has 0 aliphatic rings. The molecule has 0 bridgehead atoms. The van der Waals surface area contributed by atoms with Crippen molar-refractivity contribution in [3.63, 3.8) is 0 Å². The molecule has 6 nitrogen and oxygen atoms in total. The molecule has 18 heavy (non-hydrogen) atoms. The minimum absolute atomic E-state index is 0.0592. The predicted molar refractivity (Wildman–Crippen MR) is 61.0 cm³/mol. The Morgan fingerprint density at radius 2 is 2.22 bits per heavy atom. The maximum Gasteiger partial charge on any atom is 0.340 e. The maximum atomic E-state index is 13.4. The summed E-state index contributed by atoms with van der Waals surface area (Å²) in [5.74, 6) is -2.20. The fraction of sp³-hybridized carbons (Fsp3) is 0.364. The van der Waals surface area contributed by atoms with Crippen molar-refractivity contribution in [3.05, 3.63) is 23.5 Å². The van der Waals surface area contributed by atoms with Gasteiger partial charge in [0, 0.05) is 12.6 Å². The van der Waals surface area contributed by atoms with Gasteiger partial charge in [-0.15, -0.1) is 0 Å². The van der Waals surface area contributed by atoms with Gasteiger partial charge in [-0.2, -0.15) is 0 Å². The summed E-state index contributed by atoms with van der Waals surface area (Å²) < 4.78 is 17.7. The summed E-state index contributed by atoms with van der Waals surface area (Å²) >= 11 is 0. The lowest BCUT2D eigenvalue weighted by atomic mass is 10.1. The van der Waals surface area contributed by atoms with Crippen LogP contribution >= 0.6 is 0 Å². The van der Waals surface area contributed by atoms with Crippen LogP contribution in [0.1, 0.15) is 10.4 Å². The second kappa shape index (κ2) is 6.18. The average Bonchev–Trinajstić information content (AvgIpc) is 2.36. The van der Waals surface area contributed by atoms with Crippen LogP contribution in [-0.2, 0) is 4.74 Å². The molecule has 1 atom stereocenters. The summed E-state index contributed by atoms with van der Waals surface area (Å²) in [4.78, 5) is 11.2. The number of phenolic OH excluding ortho intramolecular Hbond substituents is 1. The third-order valence-electron chi connectivity index (χ3n) is 2.23. The van der Waals surface area contributed by atoms with Gasteiger partial charge >= 0.3 is 5.97 Å². The first-order valence-electron chi connectivity index (χ1n) is 5.13. The van der Waals surface area contributed by atoms with Crippen LogP contribution in [0.3, 0.4) is 0 Å². The van der Waals surface area contributed by atoms with Crippen molar-refractivity contribution < 1.29 is 29.2 Å². The van der Waals surface area contributed by atoms with E-state index in [2.05, 4.69) is 10.1 Å². The van der Waals surface area contributed by atoms with Crippen LogP contribution < -0.4 is 5.32 Å². The van der Waals surface area contributed by atoms with E-state index in [9.17, 15) is 14.3 Å². The van der Waals surface area contributed by atoms with Crippen LogP contribution in [0.25, 0.3) is 0 Å². The van der Waals surface area contributed by atoms with E-state index in [4.69, 9.17) is 10.2 Å². The van der Waals surface area contributed by atoms with E-state index in [0.717, 1.165) is 19.2 Å². The molecule has 0 saturated heterocycles. The Kier molecular flexibility index (Phi) is 4.87. The molecule has 100 valence electrons. The number of halogens is 1. The number of ether oxygens (including phenoxy) is 1. The largest absolute Gasteiger partial charge is 0.506 e. The van der Waals surface area contributed by atoms with Crippen LogP contribution in [0.4, 0.5) is 10.1 Å². The smallest absolute Gasteiger partial charge is 0.340 e. The molecular formula is C11H14FNO5. The molecule has 4 N–H and O–H groups in total. The quantitative estimate of drug-likeness (QED) is 0.441. The van der Waals surface area contributed by atoms with Gasteiger partial charge in [0.1, 0.15) is 11.6 Å². The highest BCUT2D eigenvalue weighted by Crippen LogP contribution is 2.27. The third-order valence-corrected chi connectivity index (χ3v) is 2.23. The van der Waals surface area contributed by atoms with E-state index in [1.807, 2.05) is 0 Å². The first-order valence-corrected chi connectivity index (χ1v) is 5.13. The lowest BCUT2D eigenvalue weighted by Gasteiger charge is -2.13. The predicted octanol–water partition coefficient (Wildman–Crippen LogP) is 0.0830. The van der Waals surface area contributed by atoms with E-state index >= 15 is 0 Å². The maximum absolute atomic E-state index is 13.4. The highest BCUT2D eigenvalue weighted by molar-refractivity contribution is 5.91. The number of carbonyl (C=O) groups is 1. The number of esters is 1. The molecular weight excluding hydrogens is 245 g/mol. The number of benzene rings is 1. The number of hydrogen-bond acceptors (Lipinski definition) is 6. The summed E-state index contributed by atoms with van der Waals surface area (Å²) in [6.07, 6.45) is -1.03. The van der Waals surface area contributed by atoms with Gasteiger partial charge in [0.05, 0.1) is 31.1 Å². The summed E-state index contributed by atoms with van der Waals surface area (Å²) in [6.45, 7) is -0.519. The van der Waals surface area contributed by atoms with E-state index in [0.29, 0.717) is 0 Å². The van der Waals surface area contributed by atoms with Crippen molar-refractivity contribution >= 4 is 11.7 Å². The van der Waals surface area contributed by atoms with Gasteiger partial charge in [0.25, 0.3) is 0 Å². The Morgan fingerprint density at radius 1 is 1.56 bits per heavy atom. The van der Waals surface area contributed by atoms with Crippen molar-refractivity contribution in [1.29, 1.82) is 0 Å². The molecule has 1 aromatic carbocycles. The SMILES string of the molecule is COC(=O)c1cc(NCC(O)CO)c(O)cc1F. The topological polar surface area (TPSA) is 99.0 Å². The Labute approximate surface area is 103 Å². The fourth-order valence-corrected chi connectivity index (χ4v) is 1.26. The van der Waals surface area contributed by atoms with Gasteiger partial charge in [-0.25, -0.2) is 9.18 Å². The molecule has 0 saturated carbocycles. The molecule has 0 radical (unpaired) electrons. The zero-order chi connectivity index (χ0) is 13.7. The van der Waals surface area contributed by atoms with E-state index in [1.165, 1.54) is 0 Å². The molecule has 0 aromatic heterocycles. The molecule has 0 aliphatic heterocycles. The molecule has 0 amide bonds. The van der Waals surface area contributed by atoms with Gasteiger partial charge in [-0.1, -0.05) is 0 Å². The number of nitrogens with one attached hydrogen (secondary N) is 1. The van der Waals surface area contributed by atoms with Crippen molar-refractivity contribution in [2.45, 2.75) is 6.10 Å². The van der Waals surface area contributed by atoms with Gasteiger partial charge in [0.15, 0.2) is 0 Å². The molecule has 0 fully saturated rings. The van der Waals surface area contributed by atoms with Crippen molar-refractivity contribution in [3.8, 4) is 5.75 Å². The number of aliphatic hydroxyl groups excluding tert-OH is 2. The Balaban J connectivity index is 2.94. The molecule has 0 spiro atoms. The number of carbonyl (C=O) groups excluding carboxylic acids is 1. The Bertz CT molecular complexity index is 438. The highest BCUT2D eigenvalue weighted by atomic mass is 19.1. The summed E-state index contributed by atoms with van der Waals surface area (Å²) in [5, 5.41) is 29.8. The number of aliphatic hydroxyl groups is 2. The van der Waals surface area contributed by atoms with Gasteiger partial charge < -0.3 is 25.4 Å².